The van der Waals surface area contributed by atoms with Gasteiger partial charge in [0.25, 0.3) is 0 Å². The Labute approximate surface area is 57.0 Å². The lowest BCUT2D eigenvalue weighted by atomic mass is 10.3. The Balaban J connectivity index is 0. The highest BCUT2D eigenvalue weighted by molar-refractivity contribution is 5.91. The molecule has 0 aliphatic rings. The fourth-order valence-corrected chi connectivity index (χ4v) is 0.311. The number of hydrogen-bond donors (Lipinski definition) is 1. The van der Waals surface area contributed by atoms with Gasteiger partial charge in [0.2, 0.25) is 5.91 Å². The average molecular weight is 129 g/mol. The van der Waals surface area contributed by atoms with Crippen molar-refractivity contribution in [1.29, 1.82) is 0 Å². The lowest BCUT2D eigenvalue weighted by Crippen LogP contribution is -2.22. The first kappa shape index (κ1) is 11.1. The van der Waals surface area contributed by atoms with E-state index in [0.717, 1.165) is 0 Å². The highest BCUT2D eigenvalue weighted by atomic mass is 16.1. The van der Waals surface area contributed by atoms with Gasteiger partial charge in [0.15, 0.2) is 0 Å². The second kappa shape index (κ2) is 5.35. The number of likely N-dealkylation sites (N-methyl/N-ethyl adjacent to an activating group) is 1. The molecule has 0 aliphatic heterocycles. The van der Waals surface area contributed by atoms with Crippen molar-refractivity contribution < 1.29 is 4.79 Å². The standard InChI is InChI=1S/C6H11NO.CH4/c1-4-7-6(8)5(2)3;/h2,4H2,1,3H3,(H,7,8);1H4. The van der Waals surface area contributed by atoms with E-state index in [9.17, 15) is 4.79 Å². The van der Waals surface area contributed by atoms with Crippen LogP contribution in [0.15, 0.2) is 12.2 Å². The summed E-state index contributed by atoms with van der Waals surface area (Å²) in [6.07, 6.45) is 0. The third-order valence-corrected chi connectivity index (χ3v) is 0.725. The molecule has 0 rings (SSSR count). The first-order valence-corrected chi connectivity index (χ1v) is 2.62. The molecular formula is C7H15NO. The van der Waals surface area contributed by atoms with Crippen molar-refractivity contribution in [2.75, 3.05) is 6.54 Å². The predicted octanol–water partition coefficient (Wildman–Crippen LogP) is 1.33. The number of nitrogens with one attached hydrogen (secondary N) is 1. The fourth-order valence-electron chi connectivity index (χ4n) is 0.311. The molecule has 9 heavy (non-hydrogen) atoms. The van der Waals surface area contributed by atoms with E-state index in [1.165, 1.54) is 0 Å². The van der Waals surface area contributed by atoms with Crippen molar-refractivity contribution >= 4 is 5.91 Å². The number of hydrogen-bond acceptors (Lipinski definition) is 1. The monoisotopic (exact) mass is 129 g/mol. The van der Waals surface area contributed by atoms with Crippen LogP contribution in [0.25, 0.3) is 0 Å². The summed E-state index contributed by atoms with van der Waals surface area (Å²) >= 11 is 0. The molecule has 0 unspecified atom stereocenters. The molecule has 0 aromatic carbocycles. The lowest BCUT2D eigenvalue weighted by molar-refractivity contribution is -0.117. The molecule has 0 heterocycles. The van der Waals surface area contributed by atoms with Crippen LogP contribution in [0.1, 0.15) is 21.3 Å². The third kappa shape index (κ3) is 5.07. The molecular weight excluding hydrogens is 114 g/mol. The van der Waals surface area contributed by atoms with Gasteiger partial charge in [0.05, 0.1) is 0 Å². The topological polar surface area (TPSA) is 29.1 Å². The highest BCUT2D eigenvalue weighted by Crippen LogP contribution is 1.82. The molecule has 0 bridgehead atoms. The maximum Gasteiger partial charge on any atom is 0.246 e. The minimum absolute atomic E-state index is 0. The average Bonchev–Trinajstić information content (AvgIpc) is 1.67. The van der Waals surface area contributed by atoms with Gasteiger partial charge in [-0.25, -0.2) is 0 Å². The lowest BCUT2D eigenvalue weighted by Gasteiger charge is -1.97. The predicted molar refractivity (Wildman–Crippen MR) is 40.2 cm³/mol. The summed E-state index contributed by atoms with van der Waals surface area (Å²) in [4.78, 5) is 10.5. The highest BCUT2D eigenvalue weighted by Gasteiger charge is 1.95. The van der Waals surface area contributed by atoms with E-state index in [-0.39, 0.29) is 13.3 Å². The molecule has 0 spiro atoms. The second-order valence-electron chi connectivity index (χ2n) is 1.64. The molecule has 1 N–H and O–H groups in total. The van der Waals surface area contributed by atoms with Crippen LogP contribution in [-0.2, 0) is 4.79 Å². The molecule has 0 radical (unpaired) electrons. The Kier molecular flexibility index (Phi) is 6.58. The minimum atomic E-state index is -0.0625. The molecule has 0 saturated carbocycles. The number of carbonyl (C=O) groups excluding carboxylic acids is 1. The molecule has 0 atom stereocenters. The maximum atomic E-state index is 10.5. The van der Waals surface area contributed by atoms with E-state index in [1.807, 2.05) is 6.92 Å². The van der Waals surface area contributed by atoms with Crippen molar-refractivity contribution in [3.63, 3.8) is 0 Å². The van der Waals surface area contributed by atoms with Crippen molar-refractivity contribution in [2.24, 2.45) is 0 Å². The van der Waals surface area contributed by atoms with Crippen LogP contribution in [-0.4, -0.2) is 12.5 Å². The van der Waals surface area contributed by atoms with Gasteiger partial charge in [0.1, 0.15) is 0 Å². The quantitative estimate of drug-likeness (QED) is 0.560. The third-order valence-electron chi connectivity index (χ3n) is 0.725. The molecule has 2 heteroatoms. The smallest absolute Gasteiger partial charge is 0.246 e. The Hall–Kier alpha value is -0.790. The minimum Gasteiger partial charge on any atom is -0.353 e. The van der Waals surface area contributed by atoms with E-state index >= 15 is 0 Å². The van der Waals surface area contributed by atoms with E-state index < -0.39 is 0 Å². The van der Waals surface area contributed by atoms with Gasteiger partial charge in [-0.15, -0.1) is 0 Å². The summed E-state index contributed by atoms with van der Waals surface area (Å²) in [6, 6.07) is 0. The van der Waals surface area contributed by atoms with E-state index in [4.69, 9.17) is 0 Å². The van der Waals surface area contributed by atoms with Gasteiger partial charge >= 0.3 is 0 Å². The summed E-state index contributed by atoms with van der Waals surface area (Å²) in [5.41, 5.74) is 0.562. The van der Waals surface area contributed by atoms with Gasteiger partial charge in [-0.3, -0.25) is 4.79 Å². The first-order chi connectivity index (χ1) is 3.68. The van der Waals surface area contributed by atoms with Crippen molar-refractivity contribution in [3.8, 4) is 0 Å². The zero-order chi connectivity index (χ0) is 6.57. The van der Waals surface area contributed by atoms with Crippen LogP contribution in [0, 0.1) is 0 Å². The molecule has 54 valence electrons. The number of carbonyl (C=O) groups is 1. The molecule has 0 fully saturated rings. The molecule has 2 nitrogen and oxygen atoms in total. The van der Waals surface area contributed by atoms with Crippen LogP contribution < -0.4 is 5.32 Å². The summed E-state index contributed by atoms with van der Waals surface area (Å²) in [5, 5.41) is 2.61. The second-order valence-corrected chi connectivity index (χ2v) is 1.64. The van der Waals surface area contributed by atoms with Crippen LogP contribution in [0.4, 0.5) is 0 Å². The van der Waals surface area contributed by atoms with Crippen molar-refractivity contribution in [1.82, 2.24) is 5.32 Å². The summed E-state index contributed by atoms with van der Waals surface area (Å²) in [7, 11) is 0. The van der Waals surface area contributed by atoms with Crippen molar-refractivity contribution in [3.05, 3.63) is 12.2 Å². The van der Waals surface area contributed by atoms with Crippen molar-refractivity contribution in [2.45, 2.75) is 21.3 Å². The molecule has 0 saturated heterocycles. The van der Waals surface area contributed by atoms with E-state index in [1.54, 1.807) is 6.92 Å². The fraction of sp³-hybridized carbons (Fsp3) is 0.571. The van der Waals surface area contributed by atoms with Gasteiger partial charge in [-0.1, -0.05) is 14.0 Å². The molecule has 0 aliphatic carbocycles. The van der Waals surface area contributed by atoms with Crippen LogP contribution >= 0.6 is 0 Å². The van der Waals surface area contributed by atoms with Gasteiger partial charge in [-0.2, -0.15) is 0 Å². The SMILES string of the molecule is C.C=C(C)C(=O)NCC. The normalized spacial score (nSPS) is 7.33. The van der Waals surface area contributed by atoms with Crippen LogP contribution in [0.3, 0.4) is 0 Å². The zero-order valence-corrected chi connectivity index (χ0v) is 5.32. The maximum absolute atomic E-state index is 10.5. The van der Waals surface area contributed by atoms with Gasteiger partial charge < -0.3 is 5.32 Å². The summed E-state index contributed by atoms with van der Waals surface area (Å²) in [6.45, 7) is 7.70. The van der Waals surface area contributed by atoms with E-state index in [2.05, 4.69) is 11.9 Å². The Morgan fingerprint density at radius 2 is 2.11 bits per heavy atom. The number of amides is 1. The summed E-state index contributed by atoms with van der Waals surface area (Å²) < 4.78 is 0. The number of rotatable bonds is 2. The molecule has 0 aromatic rings. The Bertz CT molecular complexity index is 107. The summed E-state index contributed by atoms with van der Waals surface area (Å²) in [5.74, 6) is -0.0625. The Morgan fingerprint density at radius 1 is 1.67 bits per heavy atom. The van der Waals surface area contributed by atoms with Crippen LogP contribution in [0.5, 0.6) is 0 Å². The molecule has 0 aromatic heterocycles. The zero-order valence-electron chi connectivity index (χ0n) is 5.32. The van der Waals surface area contributed by atoms with E-state index in [0.29, 0.717) is 12.1 Å². The molecule has 1 amide bonds. The first-order valence-electron chi connectivity index (χ1n) is 2.62. The van der Waals surface area contributed by atoms with Crippen LogP contribution in [0.2, 0.25) is 0 Å². The van der Waals surface area contributed by atoms with Gasteiger partial charge in [0, 0.05) is 12.1 Å². The largest absolute Gasteiger partial charge is 0.353 e. The van der Waals surface area contributed by atoms with Gasteiger partial charge in [-0.05, 0) is 13.8 Å². The Morgan fingerprint density at radius 3 is 2.22 bits per heavy atom.